The van der Waals surface area contributed by atoms with Gasteiger partial charge in [0.2, 0.25) is 0 Å². The molecule has 1 aliphatic rings. The second-order valence-electron chi connectivity index (χ2n) is 3.75. The van der Waals surface area contributed by atoms with E-state index in [0.29, 0.717) is 6.54 Å². The third-order valence-corrected chi connectivity index (χ3v) is 4.52. The van der Waals surface area contributed by atoms with E-state index in [-0.39, 0.29) is 6.04 Å². The molecule has 0 saturated carbocycles. The minimum absolute atomic E-state index is 0.118. The molecule has 1 unspecified atom stereocenters. The summed E-state index contributed by atoms with van der Waals surface area (Å²) in [5.41, 5.74) is 0. The molecule has 1 aliphatic heterocycles. The molecule has 6 heteroatoms. The van der Waals surface area contributed by atoms with Gasteiger partial charge in [0, 0.05) is 33.2 Å². The predicted molar refractivity (Wildman–Crippen MR) is 56.3 cm³/mol. The lowest BCUT2D eigenvalue weighted by atomic mass is 10.2. The van der Waals surface area contributed by atoms with Crippen molar-refractivity contribution in [1.29, 1.82) is 0 Å². The van der Waals surface area contributed by atoms with E-state index in [1.54, 1.807) is 18.4 Å². The third kappa shape index (κ3) is 2.25. The Morgan fingerprint density at radius 3 is 2.64 bits per heavy atom. The van der Waals surface area contributed by atoms with E-state index >= 15 is 0 Å². The smallest absolute Gasteiger partial charge is 0.281 e. The zero-order chi connectivity index (χ0) is 10.8. The minimum Gasteiger partial charge on any atom is -0.318 e. The van der Waals surface area contributed by atoms with Crippen molar-refractivity contribution in [1.82, 2.24) is 13.9 Å². The van der Waals surface area contributed by atoms with Gasteiger partial charge in [0.1, 0.15) is 0 Å². The molecule has 1 saturated heterocycles. The van der Waals surface area contributed by atoms with Crippen molar-refractivity contribution in [3.63, 3.8) is 0 Å². The van der Waals surface area contributed by atoms with Gasteiger partial charge in [-0.1, -0.05) is 0 Å². The Kier molecular flexibility index (Phi) is 3.88. The fraction of sp³-hybridized carbons (Fsp3) is 1.00. The minimum atomic E-state index is -3.22. The van der Waals surface area contributed by atoms with Gasteiger partial charge in [-0.05, 0) is 19.9 Å². The molecule has 0 aromatic heterocycles. The van der Waals surface area contributed by atoms with E-state index in [1.807, 2.05) is 7.05 Å². The molecule has 1 atom stereocenters. The summed E-state index contributed by atoms with van der Waals surface area (Å²) in [6.07, 6.45) is 1.91. The maximum atomic E-state index is 11.8. The van der Waals surface area contributed by atoms with Gasteiger partial charge >= 0.3 is 0 Å². The lowest BCUT2D eigenvalue weighted by Gasteiger charge is -2.26. The number of nitrogens with zero attached hydrogens (tertiary/aromatic N) is 2. The Balaban J connectivity index is 2.76. The fourth-order valence-corrected chi connectivity index (χ4v) is 3.10. The largest absolute Gasteiger partial charge is 0.318 e. The Bertz CT molecular complexity index is 276. The Labute approximate surface area is 86.3 Å². The molecular formula is C8H19N3O2S. The van der Waals surface area contributed by atoms with Gasteiger partial charge in [-0.25, -0.2) is 0 Å². The summed E-state index contributed by atoms with van der Waals surface area (Å²) in [4.78, 5) is 0. The molecule has 14 heavy (non-hydrogen) atoms. The zero-order valence-electron chi connectivity index (χ0n) is 9.02. The summed E-state index contributed by atoms with van der Waals surface area (Å²) < 4.78 is 26.5. The number of hydrogen-bond acceptors (Lipinski definition) is 3. The topological polar surface area (TPSA) is 52.7 Å². The van der Waals surface area contributed by atoms with Crippen LogP contribution < -0.4 is 5.32 Å². The van der Waals surface area contributed by atoms with Crippen LogP contribution in [0.3, 0.4) is 0 Å². The van der Waals surface area contributed by atoms with Crippen LogP contribution in [0.4, 0.5) is 0 Å². The SMILES string of the molecule is CNCC1CCCN1S(=O)(=O)N(C)C. The summed E-state index contributed by atoms with van der Waals surface area (Å²) in [6.45, 7) is 1.37. The first-order valence-electron chi connectivity index (χ1n) is 4.84. The summed E-state index contributed by atoms with van der Waals surface area (Å²) >= 11 is 0. The van der Waals surface area contributed by atoms with E-state index in [9.17, 15) is 8.42 Å². The quantitative estimate of drug-likeness (QED) is 0.695. The van der Waals surface area contributed by atoms with Crippen LogP contribution in [0.2, 0.25) is 0 Å². The monoisotopic (exact) mass is 221 g/mol. The highest BCUT2D eigenvalue weighted by molar-refractivity contribution is 7.86. The number of rotatable bonds is 4. The average molecular weight is 221 g/mol. The maximum Gasteiger partial charge on any atom is 0.281 e. The van der Waals surface area contributed by atoms with E-state index < -0.39 is 10.2 Å². The van der Waals surface area contributed by atoms with Gasteiger partial charge in [0.15, 0.2) is 0 Å². The first-order valence-corrected chi connectivity index (χ1v) is 6.23. The molecule has 5 nitrogen and oxygen atoms in total. The van der Waals surface area contributed by atoms with E-state index in [4.69, 9.17) is 0 Å². The van der Waals surface area contributed by atoms with Gasteiger partial charge in [-0.15, -0.1) is 0 Å². The summed E-state index contributed by atoms with van der Waals surface area (Å²) in [6, 6.07) is 0.118. The van der Waals surface area contributed by atoms with Crippen molar-refractivity contribution in [3.8, 4) is 0 Å². The van der Waals surface area contributed by atoms with Crippen LogP contribution in [0.25, 0.3) is 0 Å². The molecule has 0 radical (unpaired) electrons. The van der Waals surface area contributed by atoms with Crippen LogP contribution in [-0.2, 0) is 10.2 Å². The molecule has 0 bridgehead atoms. The average Bonchev–Trinajstić information content (AvgIpc) is 2.53. The van der Waals surface area contributed by atoms with Crippen molar-refractivity contribution < 1.29 is 8.42 Å². The van der Waals surface area contributed by atoms with Gasteiger partial charge < -0.3 is 5.32 Å². The summed E-state index contributed by atoms with van der Waals surface area (Å²) in [7, 11) is 1.77. The highest BCUT2D eigenvalue weighted by Crippen LogP contribution is 2.21. The first kappa shape index (κ1) is 11.9. The molecule has 0 amide bonds. The normalized spacial score (nSPS) is 24.7. The molecule has 0 aromatic rings. The molecule has 1 fully saturated rings. The summed E-state index contributed by atoms with van der Waals surface area (Å²) in [5.74, 6) is 0. The molecule has 84 valence electrons. The third-order valence-electron chi connectivity index (χ3n) is 2.52. The highest BCUT2D eigenvalue weighted by Gasteiger charge is 2.34. The maximum absolute atomic E-state index is 11.8. The first-order chi connectivity index (χ1) is 6.50. The molecule has 1 rings (SSSR count). The van der Waals surface area contributed by atoms with Crippen molar-refractivity contribution >= 4 is 10.2 Å². The van der Waals surface area contributed by atoms with Crippen LogP contribution in [0, 0.1) is 0 Å². The van der Waals surface area contributed by atoms with Crippen molar-refractivity contribution in [2.45, 2.75) is 18.9 Å². The second-order valence-corrected chi connectivity index (χ2v) is 5.85. The lowest BCUT2D eigenvalue weighted by Crippen LogP contribution is -2.45. The van der Waals surface area contributed by atoms with E-state index in [1.165, 1.54) is 4.31 Å². The standard InChI is InChI=1S/C8H19N3O2S/c1-9-7-8-5-4-6-11(8)14(12,13)10(2)3/h8-9H,4-7H2,1-3H3. The zero-order valence-corrected chi connectivity index (χ0v) is 9.84. The molecular weight excluding hydrogens is 202 g/mol. The van der Waals surface area contributed by atoms with Crippen molar-refractivity contribution in [2.75, 3.05) is 34.2 Å². The fourth-order valence-electron chi connectivity index (χ4n) is 1.76. The molecule has 1 N–H and O–H groups in total. The summed E-state index contributed by atoms with van der Waals surface area (Å²) in [5, 5.41) is 3.03. The van der Waals surface area contributed by atoms with Gasteiger partial charge in [0.25, 0.3) is 10.2 Å². The van der Waals surface area contributed by atoms with Crippen LogP contribution in [0.15, 0.2) is 0 Å². The molecule has 0 aromatic carbocycles. The number of nitrogens with one attached hydrogen (secondary N) is 1. The van der Waals surface area contributed by atoms with Gasteiger partial charge in [-0.2, -0.15) is 17.0 Å². The Hall–Kier alpha value is -0.170. The van der Waals surface area contributed by atoms with Crippen LogP contribution >= 0.6 is 0 Å². The van der Waals surface area contributed by atoms with Crippen LogP contribution in [0.1, 0.15) is 12.8 Å². The lowest BCUT2D eigenvalue weighted by molar-refractivity contribution is 0.351. The Morgan fingerprint density at radius 1 is 1.50 bits per heavy atom. The van der Waals surface area contributed by atoms with Crippen LogP contribution in [0.5, 0.6) is 0 Å². The van der Waals surface area contributed by atoms with Crippen molar-refractivity contribution in [2.24, 2.45) is 0 Å². The Morgan fingerprint density at radius 2 is 2.14 bits per heavy atom. The van der Waals surface area contributed by atoms with E-state index in [2.05, 4.69) is 5.32 Å². The second kappa shape index (κ2) is 4.57. The van der Waals surface area contributed by atoms with Gasteiger partial charge in [-0.3, -0.25) is 0 Å². The number of hydrogen-bond donors (Lipinski definition) is 1. The molecule has 1 heterocycles. The molecule has 0 spiro atoms. The van der Waals surface area contributed by atoms with Gasteiger partial charge in [0.05, 0.1) is 0 Å². The van der Waals surface area contributed by atoms with Crippen LogP contribution in [-0.4, -0.2) is 57.3 Å². The predicted octanol–water partition coefficient (Wildman–Crippen LogP) is -0.523. The molecule has 0 aliphatic carbocycles. The highest BCUT2D eigenvalue weighted by atomic mass is 32.2. The van der Waals surface area contributed by atoms with Crippen molar-refractivity contribution in [3.05, 3.63) is 0 Å². The number of likely N-dealkylation sites (N-methyl/N-ethyl adjacent to an activating group) is 1. The van der Waals surface area contributed by atoms with E-state index in [0.717, 1.165) is 19.4 Å².